The van der Waals surface area contributed by atoms with Gasteiger partial charge in [0, 0.05) is 42.1 Å². The normalized spacial score (nSPS) is 11.5. The second-order valence-corrected chi connectivity index (χ2v) is 7.12. The van der Waals surface area contributed by atoms with Crippen molar-refractivity contribution in [1.29, 1.82) is 0 Å². The van der Waals surface area contributed by atoms with Gasteiger partial charge in [-0.05, 0) is 29.8 Å². The molecule has 0 aliphatic heterocycles. The first-order chi connectivity index (χ1) is 15.8. The fourth-order valence-corrected chi connectivity index (χ4v) is 3.33. The number of aryl methyl sites for hydroxylation is 1. The molecule has 0 unspecified atom stereocenters. The Kier molecular flexibility index (Phi) is 6.36. The van der Waals surface area contributed by atoms with Crippen molar-refractivity contribution < 1.29 is 27.4 Å². The van der Waals surface area contributed by atoms with Crippen molar-refractivity contribution in [3.05, 3.63) is 61.1 Å². The molecule has 10 heteroatoms. The lowest BCUT2D eigenvalue weighted by molar-refractivity contribution is -0.325. The van der Waals surface area contributed by atoms with E-state index in [9.17, 15) is 13.2 Å². The number of aromatic nitrogens is 3. The minimum absolute atomic E-state index is 0.246. The molecular formula is C23H21F3N4O3. The first kappa shape index (κ1) is 22.4. The van der Waals surface area contributed by atoms with E-state index in [4.69, 9.17) is 9.47 Å². The highest BCUT2D eigenvalue weighted by atomic mass is 19.4. The van der Waals surface area contributed by atoms with E-state index in [-0.39, 0.29) is 6.61 Å². The summed E-state index contributed by atoms with van der Waals surface area (Å²) >= 11 is 0. The van der Waals surface area contributed by atoms with Crippen LogP contribution in [0.1, 0.15) is 0 Å². The SMILES string of the molecule is COc1cc(OCCOC(F)(F)F)ccc1Nc1ccnc2cc(-c3cnn(C)c3)ccc12. The number of nitrogens with zero attached hydrogens (tertiary/aromatic N) is 3. The maximum absolute atomic E-state index is 12.1. The standard InChI is InChI=1S/C23H21F3N4O3/c1-30-14-16(13-28-30)15-3-5-18-19(7-8-27-21(18)11-15)29-20-6-4-17(12-22(20)31-2)32-9-10-33-23(24,25)26/h3-8,11-14H,9-10H2,1-2H3,(H,27,29). The zero-order chi connectivity index (χ0) is 23.4. The molecule has 1 N–H and O–H groups in total. The van der Waals surface area contributed by atoms with Crippen LogP contribution in [0.15, 0.2) is 61.1 Å². The molecule has 0 saturated carbocycles. The molecule has 0 aliphatic rings. The Morgan fingerprint density at radius 2 is 1.85 bits per heavy atom. The minimum Gasteiger partial charge on any atom is -0.494 e. The molecule has 33 heavy (non-hydrogen) atoms. The Bertz CT molecular complexity index is 1260. The predicted octanol–water partition coefficient (Wildman–Crippen LogP) is 5.30. The zero-order valence-electron chi connectivity index (χ0n) is 17.9. The van der Waals surface area contributed by atoms with Crippen molar-refractivity contribution in [2.24, 2.45) is 7.05 Å². The van der Waals surface area contributed by atoms with Gasteiger partial charge in [0.2, 0.25) is 0 Å². The summed E-state index contributed by atoms with van der Waals surface area (Å²) in [7, 11) is 3.37. The lowest BCUT2D eigenvalue weighted by Crippen LogP contribution is -2.18. The van der Waals surface area contributed by atoms with Gasteiger partial charge in [0.05, 0.1) is 31.1 Å². The van der Waals surface area contributed by atoms with Gasteiger partial charge in [0.25, 0.3) is 0 Å². The second kappa shape index (κ2) is 9.37. The molecule has 0 fully saturated rings. The number of rotatable bonds is 8. The predicted molar refractivity (Wildman–Crippen MR) is 118 cm³/mol. The average molecular weight is 458 g/mol. The van der Waals surface area contributed by atoms with Crippen molar-refractivity contribution >= 4 is 22.3 Å². The number of hydrogen-bond acceptors (Lipinski definition) is 6. The van der Waals surface area contributed by atoms with Crippen molar-refractivity contribution in [3.63, 3.8) is 0 Å². The lowest BCUT2D eigenvalue weighted by Gasteiger charge is -2.15. The smallest absolute Gasteiger partial charge is 0.494 e. The van der Waals surface area contributed by atoms with Crippen LogP contribution in [0.25, 0.3) is 22.0 Å². The van der Waals surface area contributed by atoms with Crippen molar-refractivity contribution in [2.45, 2.75) is 6.36 Å². The Morgan fingerprint density at radius 3 is 2.58 bits per heavy atom. The van der Waals surface area contributed by atoms with Crippen LogP contribution in [-0.2, 0) is 11.8 Å². The van der Waals surface area contributed by atoms with Crippen LogP contribution in [0.4, 0.5) is 24.5 Å². The molecule has 0 saturated heterocycles. The molecule has 2 aromatic heterocycles. The fraction of sp³-hybridized carbons (Fsp3) is 0.217. The summed E-state index contributed by atoms with van der Waals surface area (Å²) in [5, 5.41) is 8.46. The third-order valence-corrected chi connectivity index (χ3v) is 4.84. The van der Waals surface area contributed by atoms with Gasteiger partial charge in [0.1, 0.15) is 18.1 Å². The Labute approximate surface area is 187 Å². The van der Waals surface area contributed by atoms with Gasteiger partial charge in [0.15, 0.2) is 0 Å². The molecule has 0 atom stereocenters. The molecule has 0 aliphatic carbocycles. The summed E-state index contributed by atoms with van der Waals surface area (Å²) in [4.78, 5) is 4.48. The lowest BCUT2D eigenvalue weighted by atomic mass is 10.1. The number of methoxy groups -OCH3 is 1. The van der Waals surface area contributed by atoms with E-state index in [2.05, 4.69) is 20.1 Å². The van der Waals surface area contributed by atoms with E-state index in [0.717, 1.165) is 27.7 Å². The maximum Gasteiger partial charge on any atom is 0.522 e. The third-order valence-electron chi connectivity index (χ3n) is 4.84. The van der Waals surface area contributed by atoms with E-state index >= 15 is 0 Å². The number of alkyl halides is 3. The van der Waals surface area contributed by atoms with E-state index < -0.39 is 13.0 Å². The second-order valence-electron chi connectivity index (χ2n) is 7.12. The molecule has 2 aromatic carbocycles. The van der Waals surface area contributed by atoms with Gasteiger partial charge in [-0.2, -0.15) is 5.10 Å². The van der Waals surface area contributed by atoms with Gasteiger partial charge >= 0.3 is 6.36 Å². The molecular weight excluding hydrogens is 437 g/mol. The number of halogens is 3. The topological polar surface area (TPSA) is 70.4 Å². The zero-order valence-corrected chi connectivity index (χ0v) is 17.9. The highest BCUT2D eigenvalue weighted by Gasteiger charge is 2.28. The Morgan fingerprint density at radius 1 is 1.00 bits per heavy atom. The maximum atomic E-state index is 12.1. The number of pyridine rings is 1. The Balaban J connectivity index is 1.52. The molecule has 4 rings (SSSR count). The number of fused-ring (bicyclic) bond motifs is 1. The first-order valence-corrected chi connectivity index (χ1v) is 9.99. The van der Waals surface area contributed by atoms with Crippen LogP contribution >= 0.6 is 0 Å². The molecule has 7 nitrogen and oxygen atoms in total. The summed E-state index contributed by atoms with van der Waals surface area (Å²) in [6.07, 6.45) is 0.767. The summed E-state index contributed by atoms with van der Waals surface area (Å²) in [5.41, 5.74) is 4.31. The van der Waals surface area contributed by atoms with Gasteiger partial charge in [-0.1, -0.05) is 12.1 Å². The van der Waals surface area contributed by atoms with E-state index in [1.54, 1.807) is 35.3 Å². The molecule has 0 amide bonds. The summed E-state index contributed by atoms with van der Waals surface area (Å²) in [6, 6.07) is 12.8. The minimum atomic E-state index is -4.68. The number of ether oxygens (including phenoxy) is 3. The van der Waals surface area contributed by atoms with Crippen LogP contribution in [0.2, 0.25) is 0 Å². The number of nitrogens with one attached hydrogen (secondary N) is 1. The number of hydrogen-bond donors (Lipinski definition) is 1. The molecule has 0 bridgehead atoms. The van der Waals surface area contributed by atoms with Crippen LogP contribution in [-0.4, -0.2) is 41.5 Å². The highest BCUT2D eigenvalue weighted by molar-refractivity contribution is 5.95. The first-order valence-electron chi connectivity index (χ1n) is 9.99. The summed E-state index contributed by atoms with van der Waals surface area (Å²) < 4.78 is 52.4. The molecule has 172 valence electrons. The summed E-state index contributed by atoms with van der Waals surface area (Å²) in [6.45, 7) is -0.848. The van der Waals surface area contributed by atoms with Crippen molar-refractivity contribution in [2.75, 3.05) is 25.6 Å². The fourth-order valence-electron chi connectivity index (χ4n) is 3.33. The van der Waals surface area contributed by atoms with Gasteiger partial charge in [-0.15, -0.1) is 13.2 Å². The molecule has 4 aromatic rings. The van der Waals surface area contributed by atoms with Gasteiger partial charge in [-0.3, -0.25) is 14.4 Å². The summed E-state index contributed by atoms with van der Waals surface area (Å²) in [5.74, 6) is 0.838. The third kappa shape index (κ3) is 5.53. The van der Waals surface area contributed by atoms with E-state index in [0.29, 0.717) is 17.2 Å². The Hall–Kier alpha value is -3.79. The molecule has 2 heterocycles. The van der Waals surface area contributed by atoms with E-state index in [1.165, 1.54) is 7.11 Å². The molecule has 0 spiro atoms. The van der Waals surface area contributed by atoms with E-state index in [1.807, 2.05) is 37.5 Å². The molecule has 0 radical (unpaired) electrons. The average Bonchev–Trinajstić information content (AvgIpc) is 3.23. The van der Waals surface area contributed by atoms with Crippen molar-refractivity contribution in [3.8, 4) is 22.6 Å². The number of benzene rings is 2. The van der Waals surface area contributed by atoms with Gasteiger partial charge in [-0.25, -0.2) is 0 Å². The number of anilines is 2. The van der Waals surface area contributed by atoms with Crippen LogP contribution in [0.3, 0.4) is 0 Å². The van der Waals surface area contributed by atoms with Gasteiger partial charge < -0.3 is 14.8 Å². The van der Waals surface area contributed by atoms with Crippen molar-refractivity contribution in [1.82, 2.24) is 14.8 Å². The quantitative estimate of drug-likeness (QED) is 0.361. The van der Waals surface area contributed by atoms with Crippen LogP contribution in [0.5, 0.6) is 11.5 Å². The van der Waals surface area contributed by atoms with Crippen LogP contribution < -0.4 is 14.8 Å². The van der Waals surface area contributed by atoms with Crippen LogP contribution in [0, 0.1) is 0 Å². The highest BCUT2D eigenvalue weighted by Crippen LogP contribution is 2.34. The monoisotopic (exact) mass is 458 g/mol. The largest absolute Gasteiger partial charge is 0.522 e.